The summed E-state index contributed by atoms with van der Waals surface area (Å²) in [6, 6.07) is 15.3. The van der Waals surface area contributed by atoms with Crippen LogP contribution in [0.5, 0.6) is 0 Å². The second kappa shape index (κ2) is 6.02. The van der Waals surface area contributed by atoms with Crippen molar-refractivity contribution in [1.82, 2.24) is 4.98 Å². The number of H-pyrrole nitrogens is 1. The highest BCUT2D eigenvalue weighted by Gasteiger charge is 2.07. The molecule has 3 rings (SSSR count). The number of carbonyl (C=O) groups is 1. The Morgan fingerprint density at radius 3 is 2.86 bits per heavy atom. The van der Waals surface area contributed by atoms with Gasteiger partial charge in [-0.15, -0.1) is 0 Å². The fourth-order valence-electron chi connectivity index (χ4n) is 2.38. The topological polar surface area (TPSA) is 44.9 Å². The molecule has 0 radical (unpaired) electrons. The molecule has 0 unspecified atom stereocenters. The highest BCUT2D eigenvalue weighted by atomic mass is 35.5. The SMILES string of the molecule is O=C(CCc1c[nH]c2ccccc12)Nc1cccc(Cl)c1. The first-order valence-corrected chi connectivity index (χ1v) is 7.20. The maximum absolute atomic E-state index is 12.0. The van der Waals surface area contributed by atoms with E-state index in [1.807, 2.05) is 36.5 Å². The fraction of sp³-hybridized carbons (Fsp3) is 0.118. The van der Waals surface area contributed by atoms with Crippen molar-refractivity contribution in [2.45, 2.75) is 12.8 Å². The molecule has 1 amide bonds. The fourth-order valence-corrected chi connectivity index (χ4v) is 2.57. The van der Waals surface area contributed by atoms with Crippen LogP contribution in [-0.4, -0.2) is 10.9 Å². The molecule has 0 aliphatic rings. The maximum atomic E-state index is 12.0. The number of carbonyl (C=O) groups excluding carboxylic acids is 1. The molecular weight excluding hydrogens is 284 g/mol. The number of rotatable bonds is 4. The van der Waals surface area contributed by atoms with Crippen molar-refractivity contribution in [3.8, 4) is 0 Å². The van der Waals surface area contributed by atoms with E-state index in [2.05, 4.69) is 16.4 Å². The van der Waals surface area contributed by atoms with Gasteiger partial charge in [-0.2, -0.15) is 0 Å². The van der Waals surface area contributed by atoms with Crippen LogP contribution in [0.1, 0.15) is 12.0 Å². The number of halogens is 1. The minimum Gasteiger partial charge on any atom is -0.361 e. The molecule has 2 N–H and O–H groups in total. The van der Waals surface area contributed by atoms with E-state index in [-0.39, 0.29) is 5.91 Å². The quantitative estimate of drug-likeness (QED) is 0.737. The molecule has 0 saturated carbocycles. The zero-order valence-electron chi connectivity index (χ0n) is 11.4. The Labute approximate surface area is 127 Å². The third-order valence-electron chi connectivity index (χ3n) is 3.40. The number of amides is 1. The minimum atomic E-state index is -0.0115. The predicted molar refractivity (Wildman–Crippen MR) is 86.7 cm³/mol. The molecule has 106 valence electrons. The number of nitrogens with one attached hydrogen (secondary N) is 2. The Hall–Kier alpha value is -2.26. The smallest absolute Gasteiger partial charge is 0.224 e. The van der Waals surface area contributed by atoms with Gasteiger partial charge in [0, 0.05) is 34.2 Å². The molecule has 1 aromatic heterocycles. The summed E-state index contributed by atoms with van der Waals surface area (Å²) in [6.07, 6.45) is 3.11. The van der Waals surface area contributed by atoms with Crippen molar-refractivity contribution in [2.24, 2.45) is 0 Å². The van der Waals surface area contributed by atoms with Gasteiger partial charge in [0.05, 0.1) is 0 Å². The van der Waals surface area contributed by atoms with Gasteiger partial charge in [-0.3, -0.25) is 4.79 Å². The van der Waals surface area contributed by atoms with Gasteiger partial charge in [-0.25, -0.2) is 0 Å². The lowest BCUT2D eigenvalue weighted by Gasteiger charge is -2.05. The maximum Gasteiger partial charge on any atom is 0.224 e. The summed E-state index contributed by atoms with van der Waals surface area (Å²) in [6.45, 7) is 0. The minimum absolute atomic E-state index is 0.0115. The molecule has 0 fully saturated rings. The van der Waals surface area contributed by atoms with Crippen LogP contribution in [0, 0.1) is 0 Å². The summed E-state index contributed by atoms with van der Waals surface area (Å²) in [5.41, 5.74) is 2.99. The first-order valence-electron chi connectivity index (χ1n) is 6.83. The number of aryl methyl sites for hydroxylation is 1. The van der Waals surface area contributed by atoms with E-state index in [1.54, 1.807) is 12.1 Å². The molecule has 2 aromatic carbocycles. The van der Waals surface area contributed by atoms with Crippen LogP contribution in [0.4, 0.5) is 5.69 Å². The van der Waals surface area contributed by atoms with Crippen molar-refractivity contribution in [3.63, 3.8) is 0 Å². The van der Waals surface area contributed by atoms with E-state index in [4.69, 9.17) is 11.6 Å². The Morgan fingerprint density at radius 1 is 1.14 bits per heavy atom. The Bertz CT molecular complexity index is 779. The summed E-state index contributed by atoms with van der Waals surface area (Å²) >= 11 is 5.90. The zero-order valence-corrected chi connectivity index (χ0v) is 12.2. The van der Waals surface area contributed by atoms with E-state index in [1.165, 1.54) is 5.39 Å². The molecule has 1 heterocycles. The molecule has 0 bridgehead atoms. The first kappa shape index (κ1) is 13.7. The molecule has 21 heavy (non-hydrogen) atoms. The zero-order chi connectivity index (χ0) is 14.7. The molecule has 0 saturated heterocycles. The summed E-state index contributed by atoms with van der Waals surface area (Å²) < 4.78 is 0. The van der Waals surface area contributed by atoms with Crippen LogP contribution in [0.25, 0.3) is 10.9 Å². The van der Waals surface area contributed by atoms with Gasteiger partial charge in [0.15, 0.2) is 0 Å². The molecular formula is C17H15ClN2O. The van der Waals surface area contributed by atoms with Crippen molar-refractivity contribution in [1.29, 1.82) is 0 Å². The lowest BCUT2D eigenvalue weighted by atomic mass is 10.1. The monoisotopic (exact) mass is 298 g/mol. The standard InChI is InChI=1S/C17H15ClN2O/c18-13-4-3-5-14(10-13)20-17(21)9-8-12-11-19-16-7-2-1-6-15(12)16/h1-7,10-11,19H,8-9H2,(H,20,21). The Balaban J connectivity index is 1.63. The lowest BCUT2D eigenvalue weighted by molar-refractivity contribution is -0.116. The normalized spacial score (nSPS) is 10.7. The largest absolute Gasteiger partial charge is 0.361 e. The van der Waals surface area contributed by atoms with Crippen LogP contribution in [-0.2, 0) is 11.2 Å². The van der Waals surface area contributed by atoms with Crippen LogP contribution in [0.15, 0.2) is 54.7 Å². The third kappa shape index (κ3) is 3.26. The molecule has 0 aliphatic carbocycles. The van der Waals surface area contributed by atoms with Crippen LogP contribution >= 0.6 is 11.6 Å². The van der Waals surface area contributed by atoms with E-state index >= 15 is 0 Å². The summed E-state index contributed by atoms with van der Waals surface area (Å²) in [7, 11) is 0. The van der Waals surface area contributed by atoms with Gasteiger partial charge >= 0.3 is 0 Å². The number of benzene rings is 2. The van der Waals surface area contributed by atoms with Crippen molar-refractivity contribution >= 4 is 34.1 Å². The molecule has 0 atom stereocenters. The number of aromatic nitrogens is 1. The van der Waals surface area contributed by atoms with Gasteiger partial charge in [0.2, 0.25) is 5.91 Å². The van der Waals surface area contributed by atoms with Crippen LogP contribution in [0.3, 0.4) is 0 Å². The van der Waals surface area contributed by atoms with Crippen LogP contribution in [0.2, 0.25) is 5.02 Å². The molecule has 3 aromatic rings. The number of hydrogen-bond acceptors (Lipinski definition) is 1. The first-order chi connectivity index (χ1) is 10.2. The second-order valence-corrected chi connectivity index (χ2v) is 5.35. The molecule has 0 spiro atoms. The predicted octanol–water partition coefficient (Wildman–Crippen LogP) is 4.39. The van der Waals surface area contributed by atoms with Crippen LogP contribution < -0.4 is 5.32 Å². The summed E-state index contributed by atoms with van der Waals surface area (Å²) in [5, 5.41) is 4.65. The summed E-state index contributed by atoms with van der Waals surface area (Å²) in [5.74, 6) is -0.0115. The molecule has 4 heteroatoms. The lowest BCUT2D eigenvalue weighted by Crippen LogP contribution is -2.12. The average Bonchev–Trinajstić information content (AvgIpc) is 2.88. The second-order valence-electron chi connectivity index (χ2n) is 4.92. The number of fused-ring (bicyclic) bond motifs is 1. The average molecular weight is 299 g/mol. The number of anilines is 1. The third-order valence-corrected chi connectivity index (χ3v) is 3.64. The number of para-hydroxylation sites is 1. The van der Waals surface area contributed by atoms with E-state index < -0.39 is 0 Å². The van der Waals surface area contributed by atoms with E-state index in [9.17, 15) is 4.79 Å². The highest BCUT2D eigenvalue weighted by Crippen LogP contribution is 2.19. The van der Waals surface area contributed by atoms with Gasteiger partial charge in [0.1, 0.15) is 0 Å². The van der Waals surface area contributed by atoms with Gasteiger partial charge in [-0.05, 0) is 36.2 Å². The van der Waals surface area contributed by atoms with Crippen molar-refractivity contribution in [3.05, 3.63) is 65.3 Å². The van der Waals surface area contributed by atoms with Gasteiger partial charge < -0.3 is 10.3 Å². The van der Waals surface area contributed by atoms with Crippen molar-refractivity contribution in [2.75, 3.05) is 5.32 Å². The highest BCUT2D eigenvalue weighted by molar-refractivity contribution is 6.30. The van der Waals surface area contributed by atoms with E-state index in [0.29, 0.717) is 17.9 Å². The number of hydrogen-bond donors (Lipinski definition) is 2. The van der Waals surface area contributed by atoms with E-state index in [0.717, 1.165) is 16.8 Å². The summed E-state index contributed by atoms with van der Waals surface area (Å²) in [4.78, 5) is 15.2. The number of aromatic amines is 1. The molecule has 0 aliphatic heterocycles. The molecule has 3 nitrogen and oxygen atoms in total. The van der Waals surface area contributed by atoms with Gasteiger partial charge in [0.25, 0.3) is 0 Å². The van der Waals surface area contributed by atoms with Crippen molar-refractivity contribution < 1.29 is 4.79 Å². The van der Waals surface area contributed by atoms with Gasteiger partial charge in [-0.1, -0.05) is 35.9 Å². The Kier molecular flexibility index (Phi) is 3.93. The Morgan fingerprint density at radius 2 is 2.00 bits per heavy atom.